The van der Waals surface area contributed by atoms with Crippen LogP contribution >= 0.6 is 0 Å². The second kappa shape index (κ2) is 8.00. The van der Waals surface area contributed by atoms with Gasteiger partial charge in [0.1, 0.15) is 0 Å². The van der Waals surface area contributed by atoms with E-state index in [1.807, 2.05) is 0 Å². The minimum absolute atomic E-state index is 0.0599. The number of hydrogen-bond acceptors (Lipinski definition) is 1. The van der Waals surface area contributed by atoms with E-state index in [0.717, 1.165) is 13.0 Å². The molecule has 2 heteroatoms. The third kappa shape index (κ3) is 4.04. The number of methoxy groups -OCH3 is 1. The SMILES string of the molecule is COCCc1ccc([S+](c2ccccc2)c2ccccc2)cc1. The Hall–Kier alpha value is -2.03. The van der Waals surface area contributed by atoms with Crippen molar-refractivity contribution in [3.8, 4) is 0 Å². The van der Waals surface area contributed by atoms with Crippen molar-refractivity contribution in [2.24, 2.45) is 0 Å². The molecule has 0 atom stereocenters. The first-order valence-electron chi connectivity index (χ1n) is 7.81. The van der Waals surface area contributed by atoms with Crippen LogP contribution in [0.25, 0.3) is 0 Å². The summed E-state index contributed by atoms with van der Waals surface area (Å²) in [7, 11) is 1.69. The lowest BCUT2D eigenvalue weighted by Crippen LogP contribution is -2.05. The first-order valence-corrected chi connectivity index (χ1v) is 9.03. The van der Waals surface area contributed by atoms with Gasteiger partial charge in [0.05, 0.1) is 17.5 Å². The molecule has 0 bridgehead atoms. The number of benzene rings is 3. The van der Waals surface area contributed by atoms with Gasteiger partial charge in [-0.15, -0.1) is 0 Å². The minimum Gasteiger partial charge on any atom is -0.384 e. The van der Waals surface area contributed by atoms with Crippen LogP contribution in [0.1, 0.15) is 5.56 Å². The Kier molecular flexibility index (Phi) is 5.51. The molecule has 0 fully saturated rings. The van der Waals surface area contributed by atoms with Crippen molar-refractivity contribution >= 4 is 10.9 Å². The molecule has 0 aliphatic carbocycles. The fraction of sp³-hybridized carbons (Fsp3) is 0.143. The molecule has 0 N–H and O–H groups in total. The fourth-order valence-electron chi connectivity index (χ4n) is 2.53. The molecular formula is C21H21OS+. The van der Waals surface area contributed by atoms with Gasteiger partial charge in [-0.3, -0.25) is 0 Å². The van der Waals surface area contributed by atoms with Crippen molar-refractivity contribution in [2.75, 3.05) is 13.7 Å². The van der Waals surface area contributed by atoms with E-state index in [2.05, 4.69) is 84.9 Å². The van der Waals surface area contributed by atoms with Gasteiger partial charge in [0, 0.05) is 7.11 Å². The highest BCUT2D eigenvalue weighted by Gasteiger charge is 2.27. The molecule has 0 unspecified atom stereocenters. The number of rotatable bonds is 6. The zero-order valence-electron chi connectivity index (χ0n) is 13.3. The topological polar surface area (TPSA) is 9.23 Å². The van der Waals surface area contributed by atoms with Gasteiger partial charge in [-0.1, -0.05) is 48.5 Å². The standard InChI is InChI=1S/C21H21OS/c1-22-17-16-18-12-14-21(15-13-18)23(19-8-4-2-5-9-19)20-10-6-3-7-11-20/h2-15H,16-17H2,1H3/q+1. The molecule has 3 aromatic carbocycles. The molecule has 0 aromatic heterocycles. The molecular weight excluding hydrogens is 300 g/mol. The maximum Gasteiger partial charge on any atom is 0.166 e. The summed E-state index contributed by atoms with van der Waals surface area (Å²) in [5.74, 6) is 0. The van der Waals surface area contributed by atoms with Crippen LogP contribution in [0.4, 0.5) is 0 Å². The second-order valence-electron chi connectivity index (χ2n) is 5.32. The summed E-state index contributed by atoms with van der Waals surface area (Å²) in [5.41, 5.74) is 1.32. The summed E-state index contributed by atoms with van der Waals surface area (Å²) in [6.07, 6.45) is 0.960. The average Bonchev–Trinajstić information content (AvgIpc) is 2.63. The molecule has 0 amide bonds. The molecule has 0 aliphatic rings. The van der Waals surface area contributed by atoms with Crippen molar-refractivity contribution < 1.29 is 4.74 Å². The molecule has 1 nitrogen and oxygen atoms in total. The molecule has 3 rings (SSSR count). The highest BCUT2D eigenvalue weighted by Crippen LogP contribution is 2.31. The highest BCUT2D eigenvalue weighted by atomic mass is 32.2. The normalized spacial score (nSPS) is 10.9. The number of ether oxygens (including phenoxy) is 1. The van der Waals surface area contributed by atoms with Gasteiger partial charge in [-0.2, -0.15) is 0 Å². The molecule has 0 aliphatic heterocycles. The molecule has 0 spiro atoms. The molecule has 23 heavy (non-hydrogen) atoms. The van der Waals surface area contributed by atoms with E-state index >= 15 is 0 Å². The molecule has 0 saturated carbocycles. The van der Waals surface area contributed by atoms with Crippen molar-refractivity contribution in [3.05, 3.63) is 90.5 Å². The maximum atomic E-state index is 5.16. The monoisotopic (exact) mass is 321 g/mol. The van der Waals surface area contributed by atoms with Crippen LogP contribution in [-0.4, -0.2) is 13.7 Å². The van der Waals surface area contributed by atoms with E-state index < -0.39 is 0 Å². The van der Waals surface area contributed by atoms with Crippen LogP contribution in [0.2, 0.25) is 0 Å². The molecule has 0 saturated heterocycles. The summed E-state index contributed by atoms with van der Waals surface area (Å²) in [6.45, 7) is 0.766. The summed E-state index contributed by atoms with van der Waals surface area (Å²) >= 11 is 0. The van der Waals surface area contributed by atoms with Gasteiger partial charge in [-0.05, 0) is 48.4 Å². The molecule has 116 valence electrons. The van der Waals surface area contributed by atoms with E-state index in [-0.39, 0.29) is 10.9 Å². The molecule has 0 radical (unpaired) electrons. The van der Waals surface area contributed by atoms with Gasteiger partial charge < -0.3 is 4.74 Å². The lowest BCUT2D eigenvalue weighted by Gasteiger charge is -2.08. The molecule has 0 heterocycles. The van der Waals surface area contributed by atoms with Crippen molar-refractivity contribution in [1.82, 2.24) is 0 Å². The number of hydrogen-bond donors (Lipinski definition) is 0. The summed E-state index contributed by atoms with van der Waals surface area (Å²) in [6, 6.07) is 30.4. The smallest absolute Gasteiger partial charge is 0.166 e. The zero-order valence-corrected chi connectivity index (χ0v) is 14.1. The molecule has 3 aromatic rings. The predicted octanol–water partition coefficient (Wildman–Crippen LogP) is 4.97. The first kappa shape index (κ1) is 15.9. The van der Waals surface area contributed by atoms with Crippen LogP contribution in [-0.2, 0) is 22.1 Å². The first-order chi connectivity index (χ1) is 11.4. The summed E-state index contributed by atoms with van der Waals surface area (Å²) in [4.78, 5) is 4.05. The Morgan fingerprint density at radius 3 is 1.61 bits per heavy atom. The van der Waals surface area contributed by atoms with Crippen LogP contribution in [0.3, 0.4) is 0 Å². The lowest BCUT2D eigenvalue weighted by atomic mass is 10.2. The Labute approximate surface area is 141 Å². The largest absolute Gasteiger partial charge is 0.384 e. The summed E-state index contributed by atoms with van der Waals surface area (Å²) in [5, 5.41) is 0. The lowest BCUT2D eigenvalue weighted by molar-refractivity contribution is 0.202. The zero-order chi connectivity index (χ0) is 15.9. The third-order valence-corrected chi connectivity index (χ3v) is 5.94. The second-order valence-corrected chi connectivity index (χ2v) is 7.35. The van der Waals surface area contributed by atoms with Crippen molar-refractivity contribution in [2.45, 2.75) is 21.1 Å². The van der Waals surface area contributed by atoms with Gasteiger partial charge in [0.25, 0.3) is 0 Å². The van der Waals surface area contributed by atoms with Gasteiger partial charge in [0.2, 0.25) is 0 Å². The maximum absolute atomic E-state index is 5.16. The Morgan fingerprint density at radius 2 is 1.13 bits per heavy atom. The van der Waals surface area contributed by atoms with E-state index in [1.54, 1.807) is 7.11 Å². The third-order valence-electron chi connectivity index (χ3n) is 3.71. The van der Waals surface area contributed by atoms with E-state index in [0.29, 0.717) is 0 Å². The van der Waals surface area contributed by atoms with Crippen LogP contribution < -0.4 is 0 Å². The van der Waals surface area contributed by atoms with Crippen molar-refractivity contribution in [3.63, 3.8) is 0 Å². The fourth-order valence-corrected chi connectivity index (χ4v) is 4.62. The average molecular weight is 321 g/mol. The Bertz CT molecular complexity index is 668. The Morgan fingerprint density at radius 1 is 0.652 bits per heavy atom. The van der Waals surface area contributed by atoms with E-state index in [9.17, 15) is 0 Å². The van der Waals surface area contributed by atoms with Gasteiger partial charge >= 0.3 is 0 Å². The van der Waals surface area contributed by atoms with E-state index in [4.69, 9.17) is 4.74 Å². The van der Waals surface area contributed by atoms with Gasteiger partial charge in [-0.25, -0.2) is 0 Å². The van der Waals surface area contributed by atoms with Crippen LogP contribution in [0.5, 0.6) is 0 Å². The highest BCUT2D eigenvalue weighted by molar-refractivity contribution is 7.97. The van der Waals surface area contributed by atoms with Crippen molar-refractivity contribution in [1.29, 1.82) is 0 Å². The predicted molar refractivity (Wildman–Crippen MR) is 97.1 cm³/mol. The summed E-state index contributed by atoms with van der Waals surface area (Å²) < 4.78 is 5.16. The van der Waals surface area contributed by atoms with Gasteiger partial charge in [0.15, 0.2) is 14.7 Å². The minimum atomic E-state index is -0.0599. The Balaban J connectivity index is 1.96. The van der Waals surface area contributed by atoms with E-state index in [1.165, 1.54) is 20.2 Å². The quantitative estimate of drug-likeness (QED) is 0.582. The van der Waals surface area contributed by atoms with Crippen LogP contribution in [0, 0.1) is 0 Å². The van der Waals surface area contributed by atoms with Crippen LogP contribution in [0.15, 0.2) is 99.6 Å².